The molecule has 2 aromatic rings. The van der Waals surface area contributed by atoms with Crippen molar-refractivity contribution in [3.05, 3.63) is 59.7 Å². The molecule has 34 heavy (non-hydrogen) atoms. The number of rotatable bonds is 9. The van der Waals surface area contributed by atoms with Crippen LogP contribution in [-0.2, 0) is 13.0 Å². The summed E-state index contributed by atoms with van der Waals surface area (Å²) in [6.07, 6.45) is 3.55. The SMILES string of the molecule is COc1ccc(C2(CC(CC3(c4ccc(OC)cc4)SCCCS3)C(=O)O)SCCCS2)cc1. The molecule has 8 heteroatoms. The van der Waals surface area contributed by atoms with Crippen molar-refractivity contribution in [2.45, 2.75) is 33.8 Å². The number of thioether (sulfide) groups is 4. The zero-order chi connectivity index (χ0) is 24.0. The Kier molecular flexibility index (Phi) is 8.99. The highest BCUT2D eigenvalue weighted by Crippen LogP contribution is 2.59. The Morgan fingerprint density at radius 2 is 1.12 bits per heavy atom. The fourth-order valence-electron chi connectivity index (χ4n) is 4.54. The van der Waals surface area contributed by atoms with Crippen LogP contribution in [0.3, 0.4) is 0 Å². The number of carbonyl (C=O) groups is 1. The van der Waals surface area contributed by atoms with Gasteiger partial charge < -0.3 is 14.6 Å². The van der Waals surface area contributed by atoms with Gasteiger partial charge in [0.25, 0.3) is 0 Å². The number of ether oxygens (including phenoxy) is 2. The first kappa shape index (κ1) is 26.0. The minimum atomic E-state index is -0.695. The Morgan fingerprint density at radius 1 is 0.765 bits per heavy atom. The molecule has 0 bridgehead atoms. The third-order valence-corrected chi connectivity index (χ3v) is 13.2. The molecular weight excluding hydrogens is 505 g/mol. The third kappa shape index (κ3) is 5.82. The second-order valence-electron chi connectivity index (χ2n) is 8.51. The maximum absolute atomic E-state index is 12.7. The van der Waals surface area contributed by atoms with Crippen molar-refractivity contribution in [1.29, 1.82) is 0 Å². The van der Waals surface area contributed by atoms with Crippen molar-refractivity contribution < 1.29 is 19.4 Å². The standard InChI is InChI=1S/C26H32O4S4/c1-29-22-9-5-20(6-10-22)25(31-13-3-14-32-25)17-19(24(27)28)18-26(33-15-4-16-34-26)21-7-11-23(30-2)12-8-21/h5-12,19H,3-4,13-18H2,1-2H3,(H,27,28). The van der Waals surface area contributed by atoms with E-state index in [9.17, 15) is 9.90 Å². The van der Waals surface area contributed by atoms with Crippen molar-refractivity contribution in [2.75, 3.05) is 37.2 Å². The van der Waals surface area contributed by atoms with Gasteiger partial charge >= 0.3 is 5.97 Å². The quantitative estimate of drug-likeness (QED) is 0.370. The second-order valence-corrected chi connectivity index (χ2v) is 14.6. The first-order valence-corrected chi connectivity index (χ1v) is 15.5. The average molecular weight is 537 g/mol. The molecule has 2 aromatic carbocycles. The molecule has 2 heterocycles. The van der Waals surface area contributed by atoms with Crippen LogP contribution in [0, 0.1) is 5.92 Å². The molecule has 2 aliphatic heterocycles. The summed E-state index contributed by atoms with van der Waals surface area (Å²) in [6.45, 7) is 0. The lowest BCUT2D eigenvalue weighted by Gasteiger charge is -2.42. The minimum absolute atomic E-state index is 0.251. The van der Waals surface area contributed by atoms with Crippen LogP contribution < -0.4 is 9.47 Å². The Bertz CT molecular complexity index is 865. The van der Waals surface area contributed by atoms with E-state index in [0.717, 1.165) is 47.4 Å². The Hall–Kier alpha value is -1.09. The molecule has 0 aliphatic carbocycles. The Labute approximate surface area is 219 Å². The molecule has 0 unspecified atom stereocenters. The van der Waals surface area contributed by atoms with Crippen LogP contribution in [-0.4, -0.2) is 48.3 Å². The average Bonchev–Trinajstić information content (AvgIpc) is 2.89. The molecule has 4 rings (SSSR count). The molecule has 0 atom stereocenters. The van der Waals surface area contributed by atoms with Crippen LogP contribution in [0.25, 0.3) is 0 Å². The van der Waals surface area contributed by atoms with Gasteiger partial charge in [0.15, 0.2) is 0 Å². The number of benzene rings is 2. The fraction of sp³-hybridized carbons (Fsp3) is 0.500. The maximum atomic E-state index is 12.7. The maximum Gasteiger partial charge on any atom is 0.306 e. The van der Waals surface area contributed by atoms with E-state index < -0.39 is 11.9 Å². The molecular formula is C26H32O4S4. The molecule has 1 N–H and O–H groups in total. The molecule has 2 aliphatic rings. The van der Waals surface area contributed by atoms with Gasteiger partial charge in [-0.1, -0.05) is 24.3 Å². The van der Waals surface area contributed by atoms with E-state index in [1.54, 1.807) is 14.2 Å². The van der Waals surface area contributed by atoms with Gasteiger partial charge in [-0.2, -0.15) is 0 Å². The molecule has 4 nitrogen and oxygen atoms in total. The van der Waals surface area contributed by atoms with Crippen LogP contribution in [0.4, 0.5) is 0 Å². The summed E-state index contributed by atoms with van der Waals surface area (Å²) < 4.78 is 10.2. The van der Waals surface area contributed by atoms with Crippen molar-refractivity contribution >= 4 is 53.0 Å². The Balaban J connectivity index is 1.65. The van der Waals surface area contributed by atoms with Crippen LogP contribution in [0.1, 0.15) is 36.8 Å². The largest absolute Gasteiger partial charge is 0.497 e. The number of methoxy groups -OCH3 is 2. The number of hydrogen-bond donors (Lipinski definition) is 1. The van der Waals surface area contributed by atoms with Crippen LogP contribution >= 0.6 is 47.0 Å². The molecule has 0 radical (unpaired) electrons. The number of hydrogen-bond acceptors (Lipinski definition) is 7. The molecule has 0 saturated carbocycles. The van der Waals surface area contributed by atoms with E-state index in [1.165, 1.54) is 11.1 Å². The van der Waals surface area contributed by atoms with Crippen molar-refractivity contribution in [3.8, 4) is 11.5 Å². The van der Waals surface area contributed by atoms with Gasteiger partial charge in [0.1, 0.15) is 11.5 Å². The minimum Gasteiger partial charge on any atom is -0.497 e. The highest BCUT2D eigenvalue weighted by molar-refractivity contribution is 8.18. The van der Waals surface area contributed by atoms with Gasteiger partial charge in [0, 0.05) is 0 Å². The van der Waals surface area contributed by atoms with E-state index >= 15 is 0 Å². The summed E-state index contributed by atoms with van der Waals surface area (Å²) in [4.78, 5) is 12.7. The van der Waals surface area contributed by atoms with E-state index in [2.05, 4.69) is 24.3 Å². The normalized spacial score (nSPS) is 19.5. The number of carboxylic acid groups (broad SMARTS) is 1. The molecule has 184 valence electrons. The first-order chi connectivity index (χ1) is 16.5. The van der Waals surface area contributed by atoms with Gasteiger partial charge in [0.2, 0.25) is 0 Å². The lowest BCUT2D eigenvalue weighted by molar-refractivity contribution is -0.142. The predicted octanol–water partition coefficient (Wildman–Crippen LogP) is 6.93. The summed E-state index contributed by atoms with van der Waals surface area (Å²) in [7, 11) is 3.35. The van der Waals surface area contributed by atoms with Crippen LogP contribution in [0.15, 0.2) is 48.5 Å². The van der Waals surface area contributed by atoms with Gasteiger partial charge in [-0.05, 0) is 84.1 Å². The summed E-state index contributed by atoms with van der Waals surface area (Å²) in [6, 6.07) is 16.4. The van der Waals surface area contributed by atoms with Gasteiger partial charge in [-0.3, -0.25) is 4.79 Å². The number of carboxylic acids is 1. The summed E-state index contributed by atoms with van der Waals surface area (Å²) in [5.74, 6) is 4.73. The highest BCUT2D eigenvalue weighted by Gasteiger charge is 2.45. The van der Waals surface area contributed by atoms with E-state index in [0.29, 0.717) is 12.8 Å². The van der Waals surface area contributed by atoms with Crippen molar-refractivity contribution in [2.24, 2.45) is 5.92 Å². The predicted molar refractivity (Wildman–Crippen MR) is 149 cm³/mol. The van der Waals surface area contributed by atoms with Gasteiger partial charge in [-0.25, -0.2) is 0 Å². The molecule has 2 saturated heterocycles. The monoisotopic (exact) mass is 536 g/mol. The third-order valence-electron chi connectivity index (χ3n) is 6.36. The molecule has 0 amide bonds. The highest BCUT2D eigenvalue weighted by atomic mass is 32.2. The molecule has 2 fully saturated rings. The Morgan fingerprint density at radius 3 is 1.41 bits per heavy atom. The van der Waals surface area contributed by atoms with E-state index in [1.807, 2.05) is 71.3 Å². The summed E-state index contributed by atoms with van der Waals surface area (Å²) in [5, 5.41) is 10.4. The summed E-state index contributed by atoms with van der Waals surface area (Å²) >= 11 is 7.65. The smallest absolute Gasteiger partial charge is 0.306 e. The lowest BCUT2D eigenvalue weighted by Crippen LogP contribution is -2.34. The van der Waals surface area contributed by atoms with Gasteiger partial charge in [-0.15, -0.1) is 47.0 Å². The van der Waals surface area contributed by atoms with Crippen LogP contribution in [0.2, 0.25) is 0 Å². The molecule has 0 spiro atoms. The van der Waals surface area contributed by atoms with E-state index in [4.69, 9.17) is 9.47 Å². The fourth-order valence-corrected chi connectivity index (χ4v) is 11.5. The molecule has 0 aromatic heterocycles. The summed E-state index contributed by atoms with van der Waals surface area (Å²) in [5.41, 5.74) is 2.38. The zero-order valence-corrected chi connectivity index (χ0v) is 22.9. The first-order valence-electron chi connectivity index (χ1n) is 11.6. The van der Waals surface area contributed by atoms with Crippen molar-refractivity contribution in [3.63, 3.8) is 0 Å². The lowest BCUT2D eigenvalue weighted by atomic mass is 9.91. The second kappa shape index (κ2) is 11.8. The van der Waals surface area contributed by atoms with E-state index in [-0.39, 0.29) is 8.16 Å². The van der Waals surface area contributed by atoms with Gasteiger partial charge in [0.05, 0.1) is 28.3 Å². The van der Waals surface area contributed by atoms with Crippen LogP contribution in [0.5, 0.6) is 11.5 Å². The zero-order valence-electron chi connectivity index (χ0n) is 19.7. The topological polar surface area (TPSA) is 55.8 Å². The van der Waals surface area contributed by atoms with Crippen molar-refractivity contribution in [1.82, 2.24) is 0 Å². The number of aliphatic carboxylic acids is 1.